The van der Waals surface area contributed by atoms with Gasteiger partial charge < -0.3 is 30.1 Å². The van der Waals surface area contributed by atoms with Gasteiger partial charge in [-0.25, -0.2) is 9.59 Å². The Balaban J connectivity index is 0.000000620. The normalized spacial score (nSPS) is 11.6. The molecule has 1 atom stereocenters. The Morgan fingerprint density at radius 3 is 2.29 bits per heavy atom. The van der Waals surface area contributed by atoms with Crippen LogP contribution in [0.5, 0.6) is 5.75 Å². The van der Waals surface area contributed by atoms with Gasteiger partial charge in [0, 0.05) is 41.1 Å². The molecular formula is C24H32IN3O5S. The molecule has 0 aliphatic rings. The molecule has 0 radical (unpaired) electrons. The number of alkyl halides is 1. The molecule has 0 aliphatic heterocycles. The van der Waals surface area contributed by atoms with Gasteiger partial charge in [-0.3, -0.25) is 0 Å². The van der Waals surface area contributed by atoms with Crippen LogP contribution in [0.15, 0.2) is 54.6 Å². The summed E-state index contributed by atoms with van der Waals surface area (Å²) in [5.41, 5.74) is 0. The molecular weight excluding hydrogens is 569 g/mol. The van der Waals surface area contributed by atoms with Gasteiger partial charge in [-0.1, -0.05) is 59.0 Å². The molecule has 0 fully saturated rings. The number of likely N-dealkylation sites (N-methyl/N-ethyl adjacent to an activating group) is 1. The van der Waals surface area contributed by atoms with Gasteiger partial charge in [0.1, 0.15) is 12.4 Å². The van der Waals surface area contributed by atoms with E-state index in [0.29, 0.717) is 24.8 Å². The summed E-state index contributed by atoms with van der Waals surface area (Å²) < 4.78 is 7.11. The summed E-state index contributed by atoms with van der Waals surface area (Å²) in [4.78, 5) is 23.5. The number of nitrogens with zero attached hydrogens (tertiary/aromatic N) is 2. The van der Waals surface area contributed by atoms with Crippen molar-refractivity contribution in [3.05, 3.63) is 54.6 Å². The quantitative estimate of drug-likeness (QED) is 0.155. The van der Waals surface area contributed by atoms with Crippen LogP contribution < -0.4 is 10.1 Å². The first-order chi connectivity index (χ1) is 16.1. The van der Waals surface area contributed by atoms with Crippen molar-refractivity contribution < 1.29 is 24.5 Å². The monoisotopic (exact) mass is 601 g/mol. The van der Waals surface area contributed by atoms with Crippen molar-refractivity contribution in [3.8, 4) is 5.75 Å². The number of nitrogens with one attached hydrogen (secondary N) is 1. The van der Waals surface area contributed by atoms with E-state index in [0.717, 1.165) is 40.3 Å². The number of rotatable bonds is 11. The smallest absolute Gasteiger partial charge is 0.328 e. The molecule has 2 aromatic carbocycles. The number of carboxylic acid groups (broad SMARTS) is 2. The van der Waals surface area contributed by atoms with Gasteiger partial charge in [-0.05, 0) is 44.7 Å². The average Bonchev–Trinajstić information content (AvgIpc) is 2.80. The molecule has 0 amide bonds. The van der Waals surface area contributed by atoms with Crippen LogP contribution in [-0.4, -0.2) is 87.9 Å². The predicted octanol–water partition coefficient (Wildman–Crippen LogP) is 3.49. The molecule has 0 heterocycles. The second kappa shape index (κ2) is 16.2. The van der Waals surface area contributed by atoms with Crippen LogP contribution in [0.2, 0.25) is 0 Å². The zero-order valence-corrected chi connectivity index (χ0v) is 22.6. The minimum absolute atomic E-state index is 0.367. The Morgan fingerprint density at radius 2 is 1.71 bits per heavy atom. The maximum Gasteiger partial charge on any atom is 0.328 e. The molecule has 0 saturated carbocycles. The van der Waals surface area contributed by atoms with Gasteiger partial charge in [-0.2, -0.15) is 0 Å². The fourth-order valence-corrected chi connectivity index (χ4v) is 3.66. The molecule has 0 spiro atoms. The molecule has 8 nitrogen and oxygen atoms in total. The number of halogens is 1. The van der Waals surface area contributed by atoms with Crippen molar-refractivity contribution in [3.63, 3.8) is 0 Å². The maximum absolute atomic E-state index is 9.55. The number of aliphatic carboxylic acids is 2. The van der Waals surface area contributed by atoms with E-state index in [1.54, 1.807) is 0 Å². The van der Waals surface area contributed by atoms with Crippen LogP contribution in [0.1, 0.15) is 6.92 Å². The molecule has 2 rings (SSSR count). The predicted molar refractivity (Wildman–Crippen MR) is 148 cm³/mol. The fraction of sp³-hybridized carbons (Fsp3) is 0.375. The number of fused-ring (bicyclic) bond motifs is 1. The fourth-order valence-electron chi connectivity index (χ4n) is 2.81. The van der Waals surface area contributed by atoms with Gasteiger partial charge in [0.15, 0.2) is 5.11 Å². The lowest BCUT2D eigenvalue weighted by Gasteiger charge is -2.31. The molecule has 0 saturated heterocycles. The summed E-state index contributed by atoms with van der Waals surface area (Å²) >= 11 is 8.02. The SMILES string of the molecule is CC(CI)N(CCOc1cccc2ccccc12)C(=S)NCCN(C)C.O=C(O)C=CC(=O)O. The zero-order chi connectivity index (χ0) is 25.5. The minimum Gasteiger partial charge on any atom is -0.491 e. The van der Waals surface area contributed by atoms with E-state index in [1.807, 2.05) is 24.3 Å². The number of thiocarbonyl (C=S) groups is 1. The lowest BCUT2D eigenvalue weighted by Crippen LogP contribution is -2.48. The van der Waals surface area contributed by atoms with Crippen LogP contribution in [-0.2, 0) is 9.59 Å². The number of carboxylic acids is 2. The second-order valence-corrected chi connectivity index (χ2v) is 8.83. The van der Waals surface area contributed by atoms with Gasteiger partial charge >= 0.3 is 11.9 Å². The third kappa shape index (κ3) is 11.6. The van der Waals surface area contributed by atoms with E-state index >= 15 is 0 Å². The van der Waals surface area contributed by atoms with Gasteiger partial charge in [0.2, 0.25) is 0 Å². The van der Waals surface area contributed by atoms with E-state index in [9.17, 15) is 9.59 Å². The number of hydrogen-bond acceptors (Lipinski definition) is 5. The Hall–Kier alpha value is -2.44. The van der Waals surface area contributed by atoms with Crippen molar-refractivity contribution in [2.45, 2.75) is 13.0 Å². The van der Waals surface area contributed by atoms with Crippen molar-refractivity contribution >= 4 is 62.6 Å². The van der Waals surface area contributed by atoms with Gasteiger partial charge in [-0.15, -0.1) is 0 Å². The Bertz CT molecular complexity index is 949. The Kier molecular flexibility index (Phi) is 14.1. The highest BCUT2D eigenvalue weighted by Crippen LogP contribution is 2.25. The molecule has 0 aromatic heterocycles. The highest BCUT2D eigenvalue weighted by atomic mass is 127. The van der Waals surface area contributed by atoms with Crippen molar-refractivity contribution in [2.24, 2.45) is 0 Å². The summed E-state index contributed by atoms with van der Waals surface area (Å²) in [5.74, 6) is -1.59. The molecule has 34 heavy (non-hydrogen) atoms. The van der Waals surface area contributed by atoms with E-state index in [-0.39, 0.29) is 0 Å². The zero-order valence-electron chi connectivity index (χ0n) is 19.6. The third-order valence-electron chi connectivity index (χ3n) is 4.56. The third-order valence-corrected chi connectivity index (χ3v) is 6.21. The maximum atomic E-state index is 9.55. The van der Waals surface area contributed by atoms with E-state index in [2.05, 4.69) is 76.9 Å². The number of benzene rings is 2. The van der Waals surface area contributed by atoms with E-state index in [1.165, 1.54) is 5.39 Å². The van der Waals surface area contributed by atoms with E-state index in [4.69, 9.17) is 27.2 Å². The molecule has 10 heteroatoms. The standard InChI is InChI=1S/C20H28IN3OS.C4H4O4/c1-16(15-21)24(20(26)22-11-12-23(2)3)13-14-25-19-10-6-8-17-7-4-5-9-18(17)19;5-3(6)1-2-4(7)8/h4-10,16H,11-15H2,1-3H3,(H,22,26);1-2H,(H,5,6)(H,7,8). The lowest BCUT2D eigenvalue weighted by molar-refractivity contribution is -0.134. The van der Waals surface area contributed by atoms with Crippen LogP contribution in [0.25, 0.3) is 10.8 Å². The Labute approximate surface area is 219 Å². The first-order valence-electron chi connectivity index (χ1n) is 10.6. The molecule has 186 valence electrons. The van der Waals surface area contributed by atoms with Crippen LogP contribution in [0.3, 0.4) is 0 Å². The van der Waals surface area contributed by atoms with Gasteiger partial charge in [0.05, 0.1) is 6.54 Å². The first kappa shape index (κ1) is 29.6. The highest BCUT2D eigenvalue weighted by molar-refractivity contribution is 14.1. The van der Waals surface area contributed by atoms with Crippen molar-refractivity contribution in [1.82, 2.24) is 15.1 Å². The highest BCUT2D eigenvalue weighted by Gasteiger charge is 2.16. The topological polar surface area (TPSA) is 102 Å². The number of ether oxygens (including phenoxy) is 1. The second-order valence-electron chi connectivity index (χ2n) is 7.57. The van der Waals surface area contributed by atoms with Crippen LogP contribution >= 0.6 is 34.8 Å². The largest absolute Gasteiger partial charge is 0.491 e. The Morgan fingerprint density at radius 1 is 1.09 bits per heavy atom. The van der Waals surface area contributed by atoms with Crippen molar-refractivity contribution in [2.75, 3.05) is 44.8 Å². The number of carbonyl (C=O) groups is 2. The first-order valence-corrected chi connectivity index (χ1v) is 12.6. The van der Waals surface area contributed by atoms with E-state index < -0.39 is 11.9 Å². The summed E-state index contributed by atoms with van der Waals surface area (Å²) in [5, 5.41) is 22.1. The molecule has 2 aromatic rings. The van der Waals surface area contributed by atoms with Crippen LogP contribution in [0, 0.1) is 0 Å². The average molecular weight is 602 g/mol. The molecule has 3 N–H and O–H groups in total. The minimum atomic E-state index is -1.26. The van der Waals surface area contributed by atoms with Crippen molar-refractivity contribution in [1.29, 1.82) is 0 Å². The lowest BCUT2D eigenvalue weighted by atomic mass is 10.1. The summed E-state index contributed by atoms with van der Waals surface area (Å²) in [6.45, 7) is 5.37. The summed E-state index contributed by atoms with van der Waals surface area (Å²) in [6.07, 6.45) is 1.12. The molecule has 1 unspecified atom stereocenters. The molecule has 0 aliphatic carbocycles. The summed E-state index contributed by atoms with van der Waals surface area (Å²) in [6, 6.07) is 14.8. The molecule has 0 bridgehead atoms. The number of hydrogen-bond donors (Lipinski definition) is 3. The summed E-state index contributed by atoms with van der Waals surface area (Å²) in [7, 11) is 4.13. The van der Waals surface area contributed by atoms with Gasteiger partial charge in [0.25, 0.3) is 0 Å². The van der Waals surface area contributed by atoms with Crippen LogP contribution in [0.4, 0.5) is 0 Å².